The van der Waals surface area contributed by atoms with E-state index in [1.165, 1.54) is 0 Å². The van der Waals surface area contributed by atoms with Gasteiger partial charge >= 0.3 is 0 Å². The van der Waals surface area contributed by atoms with Crippen LogP contribution in [0.25, 0.3) is 0 Å². The van der Waals surface area contributed by atoms with Crippen molar-refractivity contribution in [3.63, 3.8) is 0 Å². The van der Waals surface area contributed by atoms with Crippen LogP contribution in [0.4, 0.5) is 5.69 Å². The van der Waals surface area contributed by atoms with Gasteiger partial charge in [-0.1, -0.05) is 22.0 Å². The Kier molecular flexibility index (Phi) is 4.93. The first-order valence-electron chi connectivity index (χ1n) is 6.06. The summed E-state index contributed by atoms with van der Waals surface area (Å²) in [4.78, 5) is 25.3. The standard InChI is InChI=1S/C13H15BrN2O3/c14-10-2-1-3-11(8-10)15-12(17)9-13(18)16-4-6-19-7-5-16/h1-3,8H,4-7,9H2,(H,15,17). The first-order chi connectivity index (χ1) is 9.15. The number of nitrogens with zero attached hydrogens (tertiary/aromatic N) is 1. The van der Waals surface area contributed by atoms with Gasteiger partial charge in [-0.2, -0.15) is 0 Å². The SMILES string of the molecule is O=C(CC(=O)N1CCOCC1)Nc1cccc(Br)c1. The fraction of sp³-hybridized carbons (Fsp3) is 0.385. The maximum atomic E-state index is 11.9. The lowest BCUT2D eigenvalue weighted by Crippen LogP contribution is -2.41. The molecule has 1 aliphatic heterocycles. The quantitative estimate of drug-likeness (QED) is 0.859. The summed E-state index contributed by atoms with van der Waals surface area (Å²) >= 11 is 3.33. The first-order valence-corrected chi connectivity index (χ1v) is 6.85. The highest BCUT2D eigenvalue weighted by molar-refractivity contribution is 9.10. The molecular weight excluding hydrogens is 312 g/mol. The fourth-order valence-electron chi connectivity index (χ4n) is 1.83. The van der Waals surface area contributed by atoms with Crippen LogP contribution in [-0.2, 0) is 14.3 Å². The second kappa shape index (κ2) is 6.68. The van der Waals surface area contributed by atoms with E-state index in [1.807, 2.05) is 12.1 Å². The number of carbonyl (C=O) groups is 2. The topological polar surface area (TPSA) is 58.6 Å². The average molecular weight is 327 g/mol. The second-order valence-corrected chi connectivity index (χ2v) is 5.14. The molecule has 0 saturated carbocycles. The van der Waals surface area contributed by atoms with Crippen LogP contribution in [-0.4, -0.2) is 43.0 Å². The molecule has 0 aliphatic carbocycles. The molecule has 1 N–H and O–H groups in total. The van der Waals surface area contributed by atoms with Crippen molar-refractivity contribution in [2.75, 3.05) is 31.6 Å². The van der Waals surface area contributed by atoms with E-state index < -0.39 is 0 Å². The number of benzene rings is 1. The molecule has 6 heteroatoms. The van der Waals surface area contributed by atoms with E-state index in [2.05, 4.69) is 21.2 Å². The van der Waals surface area contributed by atoms with Gasteiger partial charge in [0.25, 0.3) is 0 Å². The van der Waals surface area contributed by atoms with Crippen molar-refractivity contribution in [2.45, 2.75) is 6.42 Å². The molecule has 0 spiro atoms. The van der Waals surface area contributed by atoms with Crippen LogP contribution < -0.4 is 5.32 Å². The number of rotatable bonds is 3. The lowest BCUT2D eigenvalue weighted by atomic mass is 10.3. The highest BCUT2D eigenvalue weighted by Gasteiger charge is 2.19. The van der Waals surface area contributed by atoms with E-state index in [0.717, 1.165) is 4.47 Å². The molecule has 1 heterocycles. The summed E-state index contributed by atoms with van der Waals surface area (Å²) in [5.41, 5.74) is 0.675. The smallest absolute Gasteiger partial charge is 0.233 e. The molecule has 0 atom stereocenters. The molecule has 0 bridgehead atoms. The molecule has 102 valence electrons. The lowest BCUT2D eigenvalue weighted by Gasteiger charge is -2.26. The van der Waals surface area contributed by atoms with Crippen molar-refractivity contribution in [2.24, 2.45) is 0 Å². The zero-order chi connectivity index (χ0) is 13.7. The average Bonchev–Trinajstić information content (AvgIpc) is 2.39. The molecule has 1 aromatic rings. The monoisotopic (exact) mass is 326 g/mol. The molecule has 5 nitrogen and oxygen atoms in total. The Balaban J connectivity index is 1.85. The molecule has 2 amide bonds. The largest absolute Gasteiger partial charge is 0.378 e. The molecule has 0 radical (unpaired) electrons. The van der Waals surface area contributed by atoms with E-state index in [-0.39, 0.29) is 18.2 Å². The predicted molar refractivity (Wildman–Crippen MR) is 74.8 cm³/mol. The van der Waals surface area contributed by atoms with E-state index in [0.29, 0.717) is 32.0 Å². The number of halogens is 1. The van der Waals surface area contributed by atoms with Gasteiger partial charge in [0.2, 0.25) is 11.8 Å². The number of amides is 2. The summed E-state index contributed by atoms with van der Waals surface area (Å²) in [7, 11) is 0. The third-order valence-corrected chi connectivity index (χ3v) is 3.28. The summed E-state index contributed by atoms with van der Waals surface area (Å²) in [5.74, 6) is -0.453. The van der Waals surface area contributed by atoms with Crippen molar-refractivity contribution in [1.29, 1.82) is 0 Å². The molecule has 0 aromatic heterocycles. The maximum absolute atomic E-state index is 11.9. The molecule has 2 rings (SSSR count). The Morgan fingerprint density at radius 2 is 2.05 bits per heavy atom. The normalized spacial score (nSPS) is 15.1. The Bertz CT molecular complexity index is 473. The van der Waals surface area contributed by atoms with Gasteiger partial charge in [-0.05, 0) is 18.2 Å². The number of hydrogen-bond donors (Lipinski definition) is 1. The number of nitrogens with one attached hydrogen (secondary N) is 1. The zero-order valence-electron chi connectivity index (χ0n) is 10.4. The van der Waals surface area contributed by atoms with Gasteiger partial charge in [-0.25, -0.2) is 0 Å². The Morgan fingerprint density at radius 3 is 2.74 bits per heavy atom. The molecule has 1 aliphatic rings. The van der Waals surface area contributed by atoms with Crippen LogP contribution in [0, 0.1) is 0 Å². The van der Waals surface area contributed by atoms with Crippen LogP contribution >= 0.6 is 15.9 Å². The van der Waals surface area contributed by atoms with Crippen LogP contribution in [0.2, 0.25) is 0 Å². The van der Waals surface area contributed by atoms with Gasteiger partial charge in [0.1, 0.15) is 6.42 Å². The summed E-state index contributed by atoms with van der Waals surface area (Å²) in [5, 5.41) is 2.71. The van der Waals surface area contributed by atoms with Gasteiger partial charge in [0, 0.05) is 23.2 Å². The molecular formula is C13H15BrN2O3. The minimum Gasteiger partial charge on any atom is -0.378 e. The van der Waals surface area contributed by atoms with Gasteiger partial charge in [-0.15, -0.1) is 0 Å². The van der Waals surface area contributed by atoms with E-state index in [1.54, 1.807) is 17.0 Å². The molecule has 1 fully saturated rings. The van der Waals surface area contributed by atoms with Crippen LogP contribution in [0.3, 0.4) is 0 Å². The van der Waals surface area contributed by atoms with Crippen molar-refractivity contribution in [1.82, 2.24) is 4.90 Å². The van der Waals surface area contributed by atoms with E-state index in [4.69, 9.17) is 4.74 Å². The summed E-state index contributed by atoms with van der Waals surface area (Å²) in [6.07, 6.45) is -0.132. The van der Waals surface area contributed by atoms with Gasteiger partial charge in [0.15, 0.2) is 0 Å². The Morgan fingerprint density at radius 1 is 1.32 bits per heavy atom. The number of ether oxygens (including phenoxy) is 1. The summed E-state index contributed by atoms with van der Waals surface area (Å²) in [6.45, 7) is 2.20. The molecule has 1 aromatic carbocycles. The van der Waals surface area contributed by atoms with Gasteiger partial charge in [0.05, 0.1) is 13.2 Å². The first kappa shape index (κ1) is 14.0. The van der Waals surface area contributed by atoms with Crippen LogP contribution in [0.15, 0.2) is 28.7 Å². The maximum Gasteiger partial charge on any atom is 0.233 e. The van der Waals surface area contributed by atoms with Gasteiger partial charge < -0.3 is 15.0 Å². The number of hydrogen-bond acceptors (Lipinski definition) is 3. The van der Waals surface area contributed by atoms with Crippen molar-refractivity contribution in [3.05, 3.63) is 28.7 Å². The molecule has 19 heavy (non-hydrogen) atoms. The van der Waals surface area contributed by atoms with E-state index in [9.17, 15) is 9.59 Å². The number of anilines is 1. The highest BCUT2D eigenvalue weighted by Crippen LogP contribution is 2.15. The van der Waals surface area contributed by atoms with Crippen LogP contribution in [0.5, 0.6) is 0 Å². The minimum atomic E-state index is -0.297. The zero-order valence-corrected chi connectivity index (χ0v) is 12.0. The van der Waals surface area contributed by atoms with Crippen molar-refractivity contribution >= 4 is 33.4 Å². The summed E-state index contributed by atoms with van der Waals surface area (Å²) in [6, 6.07) is 7.26. The number of morpholine rings is 1. The highest BCUT2D eigenvalue weighted by atomic mass is 79.9. The fourth-order valence-corrected chi connectivity index (χ4v) is 2.23. The third kappa shape index (κ3) is 4.33. The Labute approximate surface area is 120 Å². The Hall–Kier alpha value is -1.40. The molecule has 0 unspecified atom stereocenters. The number of carbonyl (C=O) groups excluding carboxylic acids is 2. The van der Waals surface area contributed by atoms with E-state index >= 15 is 0 Å². The van der Waals surface area contributed by atoms with Crippen molar-refractivity contribution in [3.8, 4) is 0 Å². The minimum absolute atomic E-state index is 0.132. The second-order valence-electron chi connectivity index (χ2n) is 4.23. The third-order valence-electron chi connectivity index (χ3n) is 2.78. The molecule has 1 saturated heterocycles. The van der Waals surface area contributed by atoms with Crippen molar-refractivity contribution < 1.29 is 14.3 Å². The summed E-state index contributed by atoms with van der Waals surface area (Å²) < 4.78 is 6.04. The van der Waals surface area contributed by atoms with Gasteiger partial charge in [-0.3, -0.25) is 9.59 Å². The van der Waals surface area contributed by atoms with Crippen LogP contribution in [0.1, 0.15) is 6.42 Å². The predicted octanol–water partition coefficient (Wildman–Crippen LogP) is 1.64. The lowest BCUT2D eigenvalue weighted by molar-refractivity contribution is -0.138.